The van der Waals surface area contributed by atoms with Crippen LogP contribution in [0.4, 0.5) is 0 Å². The number of halogens is 1. The van der Waals surface area contributed by atoms with Gasteiger partial charge in [0.2, 0.25) is 5.88 Å². The Morgan fingerprint density at radius 1 is 1.22 bits per heavy atom. The average Bonchev–Trinajstić information content (AvgIpc) is 2.36. The standard InChI is InChI=1S/C14H15ClN2O/c1-3-6-11-13(15)16-9-17-14(11)18-12-8-5-4-7-10(12)2/h4-5,7-9H,3,6H2,1-2H3. The van der Waals surface area contributed by atoms with Crippen molar-refractivity contribution < 1.29 is 4.74 Å². The van der Waals surface area contributed by atoms with Gasteiger partial charge in [-0.05, 0) is 25.0 Å². The van der Waals surface area contributed by atoms with Crippen molar-refractivity contribution in [1.82, 2.24) is 9.97 Å². The molecular weight excluding hydrogens is 248 g/mol. The molecule has 0 atom stereocenters. The van der Waals surface area contributed by atoms with Crippen LogP contribution in [0.2, 0.25) is 5.15 Å². The van der Waals surface area contributed by atoms with Gasteiger partial charge in [0.1, 0.15) is 17.2 Å². The first-order valence-corrected chi connectivity index (χ1v) is 6.33. The molecule has 0 aliphatic rings. The Balaban J connectivity index is 2.34. The summed E-state index contributed by atoms with van der Waals surface area (Å²) >= 11 is 6.08. The molecule has 18 heavy (non-hydrogen) atoms. The molecular formula is C14H15ClN2O. The first kappa shape index (κ1) is 12.8. The predicted octanol–water partition coefficient (Wildman–Crippen LogP) is 4.18. The van der Waals surface area contributed by atoms with Crippen molar-refractivity contribution >= 4 is 11.6 Å². The summed E-state index contributed by atoms with van der Waals surface area (Å²) in [4.78, 5) is 8.17. The SMILES string of the molecule is CCCc1c(Cl)ncnc1Oc1ccccc1C. The lowest BCUT2D eigenvalue weighted by Crippen LogP contribution is -1.98. The topological polar surface area (TPSA) is 35.0 Å². The fourth-order valence-corrected chi connectivity index (χ4v) is 1.92. The number of hydrogen-bond acceptors (Lipinski definition) is 3. The number of benzene rings is 1. The van der Waals surface area contributed by atoms with Crippen LogP contribution in [0.1, 0.15) is 24.5 Å². The van der Waals surface area contributed by atoms with Crippen LogP contribution in [0, 0.1) is 6.92 Å². The lowest BCUT2D eigenvalue weighted by atomic mass is 10.2. The zero-order valence-electron chi connectivity index (χ0n) is 10.5. The Bertz CT molecular complexity index is 543. The summed E-state index contributed by atoms with van der Waals surface area (Å²) in [5.41, 5.74) is 1.93. The molecule has 0 spiro atoms. The monoisotopic (exact) mass is 262 g/mol. The summed E-state index contributed by atoms with van der Waals surface area (Å²) in [6.45, 7) is 4.08. The van der Waals surface area contributed by atoms with Gasteiger partial charge in [0.15, 0.2) is 0 Å². The highest BCUT2D eigenvalue weighted by Crippen LogP contribution is 2.29. The molecule has 94 valence electrons. The Morgan fingerprint density at radius 2 is 2.00 bits per heavy atom. The molecule has 4 heteroatoms. The van der Waals surface area contributed by atoms with Crippen LogP contribution in [0.3, 0.4) is 0 Å². The number of nitrogens with zero attached hydrogens (tertiary/aromatic N) is 2. The largest absolute Gasteiger partial charge is 0.438 e. The minimum atomic E-state index is 0.468. The normalized spacial score (nSPS) is 10.4. The first-order valence-electron chi connectivity index (χ1n) is 5.95. The lowest BCUT2D eigenvalue weighted by Gasteiger charge is -2.11. The van der Waals surface area contributed by atoms with Crippen LogP contribution in [0.5, 0.6) is 11.6 Å². The highest BCUT2D eigenvalue weighted by atomic mass is 35.5. The average molecular weight is 263 g/mol. The van der Waals surface area contributed by atoms with Gasteiger partial charge in [0, 0.05) is 0 Å². The highest BCUT2D eigenvalue weighted by molar-refractivity contribution is 6.30. The number of aryl methyl sites for hydroxylation is 1. The molecule has 2 aromatic rings. The van der Waals surface area contributed by atoms with Crippen LogP contribution in [-0.4, -0.2) is 9.97 Å². The number of hydrogen-bond donors (Lipinski definition) is 0. The van der Waals surface area contributed by atoms with Gasteiger partial charge in [0.25, 0.3) is 0 Å². The third kappa shape index (κ3) is 2.79. The van der Waals surface area contributed by atoms with Gasteiger partial charge < -0.3 is 4.74 Å². The Morgan fingerprint density at radius 3 is 2.72 bits per heavy atom. The van der Waals surface area contributed by atoms with E-state index < -0.39 is 0 Å². The van der Waals surface area contributed by atoms with E-state index in [1.807, 2.05) is 31.2 Å². The van der Waals surface area contributed by atoms with Crippen LogP contribution in [-0.2, 0) is 6.42 Å². The number of aromatic nitrogens is 2. The molecule has 0 saturated heterocycles. The molecule has 3 nitrogen and oxygen atoms in total. The summed E-state index contributed by atoms with van der Waals surface area (Å²) in [6.07, 6.45) is 3.20. The summed E-state index contributed by atoms with van der Waals surface area (Å²) in [7, 11) is 0. The van der Waals surface area contributed by atoms with Gasteiger partial charge in [-0.3, -0.25) is 0 Å². The maximum atomic E-state index is 6.08. The zero-order valence-corrected chi connectivity index (χ0v) is 11.2. The smallest absolute Gasteiger partial charge is 0.227 e. The third-order valence-corrected chi connectivity index (χ3v) is 2.98. The summed E-state index contributed by atoms with van der Waals surface area (Å²) in [5, 5.41) is 0.468. The molecule has 0 bridgehead atoms. The van der Waals surface area contributed by atoms with Crippen molar-refractivity contribution in [3.05, 3.63) is 46.9 Å². The van der Waals surface area contributed by atoms with Crippen molar-refractivity contribution in [3.63, 3.8) is 0 Å². The van der Waals surface area contributed by atoms with Gasteiger partial charge in [0.05, 0.1) is 5.56 Å². The van der Waals surface area contributed by atoms with E-state index in [4.69, 9.17) is 16.3 Å². The van der Waals surface area contributed by atoms with Gasteiger partial charge in [-0.25, -0.2) is 9.97 Å². The molecule has 0 aliphatic carbocycles. The van der Waals surface area contributed by atoms with Gasteiger partial charge in [-0.15, -0.1) is 0 Å². The maximum Gasteiger partial charge on any atom is 0.227 e. The molecule has 0 amide bonds. The fourth-order valence-electron chi connectivity index (χ4n) is 1.70. The molecule has 0 aliphatic heterocycles. The Hall–Kier alpha value is -1.61. The van der Waals surface area contributed by atoms with Crippen molar-refractivity contribution in [2.75, 3.05) is 0 Å². The second-order valence-corrected chi connectivity index (χ2v) is 4.42. The van der Waals surface area contributed by atoms with Crippen molar-refractivity contribution in [3.8, 4) is 11.6 Å². The van der Waals surface area contributed by atoms with Crippen LogP contribution in [0.15, 0.2) is 30.6 Å². The van der Waals surface area contributed by atoms with Gasteiger partial charge in [-0.1, -0.05) is 43.1 Å². The maximum absolute atomic E-state index is 6.08. The summed E-state index contributed by atoms with van der Waals surface area (Å²) in [5.74, 6) is 1.34. The summed E-state index contributed by atoms with van der Waals surface area (Å²) in [6, 6.07) is 7.82. The number of rotatable bonds is 4. The Labute approximate surface area is 112 Å². The van der Waals surface area contributed by atoms with E-state index in [-0.39, 0.29) is 0 Å². The van der Waals surface area contributed by atoms with Crippen molar-refractivity contribution in [1.29, 1.82) is 0 Å². The van der Waals surface area contributed by atoms with E-state index in [1.54, 1.807) is 0 Å². The Kier molecular flexibility index (Phi) is 4.15. The van der Waals surface area contributed by atoms with Crippen LogP contribution >= 0.6 is 11.6 Å². The van der Waals surface area contributed by atoms with Crippen molar-refractivity contribution in [2.24, 2.45) is 0 Å². The van der Waals surface area contributed by atoms with Gasteiger partial charge >= 0.3 is 0 Å². The van der Waals surface area contributed by atoms with Gasteiger partial charge in [-0.2, -0.15) is 0 Å². The quantitative estimate of drug-likeness (QED) is 0.775. The second kappa shape index (κ2) is 5.83. The predicted molar refractivity (Wildman–Crippen MR) is 72.3 cm³/mol. The van der Waals surface area contributed by atoms with Crippen LogP contribution in [0.25, 0.3) is 0 Å². The molecule has 0 unspecified atom stereocenters. The highest BCUT2D eigenvalue weighted by Gasteiger charge is 2.11. The molecule has 1 heterocycles. The fraction of sp³-hybridized carbons (Fsp3) is 0.286. The second-order valence-electron chi connectivity index (χ2n) is 4.07. The molecule has 1 aromatic carbocycles. The first-order chi connectivity index (χ1) is 8.72. The molecule has 0 fully saturated rings. The number of ether oxygens (including phenoxy) is 1. The van der Waals surface area contributed by atoms with E-state index in [0.29, 0.717) is 11.0 Å². The minimum absolute atomic E-state index is 0.468. The van der Waals surface area contributed by atoms with Crippen molar-refractivity contribution in [2.45, 2.75) is 26.7 Å². The molecule has 0 N–H and O–H groups in total. The minimum Gasteiger partial charge on any atom is -0.438 e. The number of para-hydroxylation sites is 1. The molecule has 2 rings (SSSR count). The van der Waals surface area contributed by atoms with E-state index in [2.05, 4.69) is 16.9 Å². The van der Waals surface area contributed by atoms with E-state index >= 15 is 0 Å². The summed E-state index contributed by atoms with van der Waals surface area (Å²) < 4.78 is 5.84. The van der Waals surface area contributed by atoms with E-state index in [1.165, 1.54) is 6.33 Å². The zero-order chi connectivity index (χ0) is 13.0. The molecule has 0 saturated carbocycles. The molecule has 1 aromatic heterocycles. The molecule has 0 radical (unpaired) electrons. The van der Waals surface area contributed by atoms with E-state index in [9.17, 15) is 0 Å². The third-order valence-electron chi connectivity index (χ3n) is 2.65. The lowest BCUT2D eigenvalue weighted by molar-refractivity contribution is 0.450. The van der Waals surface area contributed by atoms with E-state index in [0.717, 1.165) is 29.7 Å². The van der Waals surface area contributed by atoms with Crippen LogP contribution < -0.4 is 4.74 Å².